The van der Waals surface area contributed by atoms with Crippen LogP contribution in [-0.2, 0) is 36.7 Å². The molecule has 0 saturated carbocycles. The summed E-state index contributed by atoms with van der Waals surface area (Å²) in [7, 11) is 2.28. The van der Waals surface area contributed by atoms with E-state index in [4.69, 9.17) is 48.4 Å². The van der Waals surface area contributed by atoms with Crippen LogP contribution in [0.3, 0.4) is 0 Å². The Morgan fingerprint density at radius 3 is 2.13 bits per heavy atom. The predicted octanol–water partition coefficient (Wildman–Crippen LogP) is 0.0551. The lowest BCUT2D eigenvalue weighted by atomic mass is 10.1. The van der Waals surface area contributed by atoms with Crippen molar-refractivity contribution in [2.45, 2.75) is 49.2 Å². The van der Waals surface area contributed by atoms with Crippen molar-refractivity contribution in [1.29, 1.82) is 0 Å². The van der Waals surface area contributed by atoms with Crippen LogP contribution in [-0.4, -0.2) is 113 Å². The third-order valence-corrected chi connectivity index (χ3v) is 9.54. The van der Waals surface area contributed by atoms with Gasteiger partial charge < -0.3 is 33.3 Å². The molecule has 4 radical (unpaired) electrons. The van der Waals surface area contributed by atoms with Crippen molar-refractivity contribution in [3.63, 3.8) is 0 Å². The average molecular weight is 666 g/mol. The molecule has 4 unspecified atom stereocenters. The number of hydrogen-bond donors (Lipinski definition) is 2. The highest BCUT2D eigenvalue weighted by Gasteiger charge is 2.54. The fourth-order valence-electron chi connectivity index (χ4n) is 5.45. The van der Waals surface area contributed by atoms with E-state index >= 15 is 8.78 Å². The fraction of sp³-hybridized carbons (Fsp3) is 0.524. The molecule has 0 spiro atoms. The molecular formula is C21H20B2F2N8O10P2. The number of aliphatic imine (C=N–C) groups is 1. The van der Waals surface area contributed by atoms with Crippen molar-refractivity contribution in [2.75, 3.05) is 25.5 Å². The molecule has 4 aliphatic heterocycles. The monoisotopic (exact) mass is 666 g/mol. The number of nitrogens with one attached hydrogen (secondary N) is 1. The zero-order valence-electron chi connectivity index (χ0n) is 22.6. The van der Waals surface area contributed by atoms with E-state index in [2.05, 4.69) is 24.9 Å². The molecule has 3 aromatic heterocycles. The smallest absolute Gasteiger partial charge is 0.280 e. The molecule has 0 bridgehead atoms. The SMILES string of the molecule is [B]P1(=O)OC[C@H]2O[C@@H](n3cnc4c(=O)[nH]c(N)nc43)C(F)[C@H]2OP([B])(=O)OC[C@H]2O[C@@H](n3cnc4c3C=NCC4=O)[C@@H](F)C2O1. The van der Waals surface area contributed by atoms with Crippen LogP contribution < -0.4 is 11.3 Å². The van der Waals surface area contributed by atoms with Crippen molar-refractivity contribution >= 4 is 59.2 Å². The Morgan fingerprint density at radius 2 is 1.51 bits per heavy atom. The van der Waals surface area contributed by atoms with Gasteiger partial charge in [-0.15, -0.1) is 0 Å². The Hall–Kier alpha value is -3.09. The number of aromatic nitrogens is 6. The lowest BCUT2D eigenvalue weighted by molar-refractivity contribution is -0.0554. The zero-order valence-corrected chi connectivity index (χ0v) is 24.4. The van der Waals surface area contributed by atoms with Gasteiger partial charge in [-0.3, -0.25) is 37.8 Å². The molecule has 0 aliphatic carbocycles. The van der Waals surface area contributed by atoms with E-state index in [0.717, 1.165) is 17.2 Å². The number of rotatable bonds is 2. The maximum atomic E-state index is 15.9. The first kappa shape index (κ1) is 30.6. The number of imidazole rings is 2. The van der Waals surface area contributed by atoms with Gasteiger partial charge in [0.2, 0.25) is 26.9 Å². The number of nitrogens with zero attached hydrogens (tertiary/aromatic N) is 6. The summed E-state index contributed by atoms with van der Waals surface area (Å²) in [6.07, 6.45) is -10.4. The summed E-state index contributed by atoms with van der Waals surface area (Å²) in [5.74, 6) is -0.686. The summed E-state index contributed by atoms with van der Waals surface area (Å²) in [6.45, 7) is -1.69. The van der Waals surface area contributed by atoms with Crippen LogP contribution in [0.5, 0.6) is 0 Å². The number of anilines is 1. The normalized spacial score (nSPS) is 38.8. The largest absolute Gasteiger partial charge is 0.369 e. The van der Waals surface area contributed by atoms with E-state index in [9.17, 15) is 18.7 Å². The molecule has 234 valence electrons. The van der Waals surface area contributed by atoms with E-state index in [-0.39, 0.29) is 35.0 Å². The van der Waals surface area contributed by atoms with Gasteiger partial charge in [0.25, 0.3) is 20.5 Å². The van der Waals surface area contributed by atoms with Crippen molar-refractivity contribution in [2.24, 2.45) is 4.99 Å². The van der Waals surface area contributed by atoms with E-state index in [1.807, 2.05) is 0 Å². The number of Topliss-reactive ketones (excluding diaryl/α,β-unsaturated/α-hetero) is 1. The molecule has 3 saturated heterocycles. The number of aromatic amines is 1. The summed E-state index contributed by atoms with van der Waals surface area (Å²) in [6, 6.07) is 0. The third kappa shape index (κ3) is 5.42. The zero-order chi connectivity index (χ0) is 31.8. The number of halogens is 2. The quantitative estimate of drug-likeness (QED) is 0.273. The number of ether oxygens (including phenoxy) is 2. The number of hydrogen-bond acceptors (Lipinski definition) is 15. The van der Waals surface area contributed by atoms with Gasteiger partial charge in [0, 0.05) is 6.21 Å². The minimum atomic E-state index is -4.66. The summed E-state index contributed by atoms with van der Waals surface area (Å²) in [5, 5.41) is 0. The Kier molecular flexibility index (Phi) is 7.48. The van der Waals surface area contributed by atoms with Crippen LogP contribution in [0.25, 0.3) is 11.2 Å². The lowest BCUT2D eigenvalue weighted by Crippen LogP contribution is -2.37. The van der Waals surface area contributed by atoms with Gasteiger partial charge in [-0.1, -0.05) is 0 Å². The van der Waals surface area contributed by atoms with Crippen molar-refractivity contribution < 1.29 is 50.3 Å². The molecule has 3 N–H and O–H groups in total. The molecule has 45 heavy (non-hydrogen) atoms. The van der Waals surface area contributed by atoms with E-state index in [1.165, 1.54) is 10.8 Å². The minimum Gasteiger partial charge on any atom is -0.369 e. The van der Waals surface area contributed by atoms with Crippen LogP contribution in [0.15, 0.2) is 22.4 Å². The number of H-pyrrole nitrogens is 1. The summed E-state index contributed by atoms with van der Waals surface area (Å²) in [5.41, 5.74) is 4.78. The molecule has 0 amide bonds. The molecule has 7 heterocycles. The van der Waals surface area contributed by atoms with Gasteiger partial charge >= 0.3 is 0 Å². The Balaban J connectivity index is 1.16. The van der Waals surface area contributed by atoms with Gasteiger partial charge in [0.1, 0.15) is 36.7 Å². The Labute approximate surface area is 252 Å². The summed E-state index contributed by atoms with van der Waals surface area (Å²) in [4.78, 5) is 42.4. The summed E-state index contributed by atoms with van der Waals surface area (Å²) >= 11 is 0. The first-order chi connectivity index (χ1) is 21.3. The standard InChI is InChI=1S/C21H20B2F2N8O10P2/c22-44(36)39-4-10-16(12(25)20(41-10)33-6-29-14-17(33)30-21(26)31-18(14)35)43-45(23,37)38-3-9-15(42-44)11(24)19(40-9)32-5-28-13-7(32)1-27-2-8(13)34/h1,5-6,9-12,15-16,19-20H,2-4H2,(H3,26,30,31,35)/t9-,10-,11+,12?,15?,16+,19-,20-,44?,45?/m1/s1. The number of nitrogen functional groups attached to an aromatic ring is 1. The van der Waals surface area contributed by atoms with Gasteiger partial charge in [-0.25, -0.2) is 18.7 Å². The first-order valence-electron chi connectivity index (χ1n) is 13.2. The number of fused-ring (bicyclic) bond motifs is 4. The number of nitrogens with two attached hydrogens (primary N) is 1. The molecule has 4 aliphatic rings. The highest BCUT2D eigenvalue weighted by Crippen LogP contribution is 2.54. The molecule has 24 heteroatoms. The van der Waals surface area contributed by atoms with Crippen LogP contribution in [0.1, 0.15) is 28.6 Å². The van der Waals surface area contributed by atoms with Gasteiger partial charge in [-0.05, 0) is 0 Å². The number of carbonyl (C=O) groups is 1. The Morgan fingerprint density at radius 1 is 0.933 bits per heavy atom. The summed E-state index contributed by atoms with van der Waals surface area (Å²) < 4.78 is 93.2. The van der Waals surface area contributed by atoms with Crippen LogP contribution in [0.4, 0.5) is 14.7 Å². The molecule has 7 rings (SSSR count). The van der Waals surface area contributed by atoms with Gasteiger partial charge in [-0.2, -0.15) is 4.98 Å². The molecule has 3 aromatic rings. The maximum absolute atomic E-state index is 15.9. The van der Waals surface area contributed by atoms with Crippen molar-refractivity contribution in [3.05, 3.63) is 34.4 Å². The lowest BCUT2D eigenvalue weighted by Gasteiger charge is -2.29. The second-order valence-electron chi connectivity index (χ2n) is 10.4. The predicted molar refractivity (Wildman–Crippen MR) is 148 cm³/mol. The Bertz CT molecular complexity index is 1880. The van der Waals surface area contributed by atoms with E-state index in [1.54, 1.807) is 0 Å². The van der Waals surface area contributed by atoms with Crippen molar-refractivity contribution in [1.82, 2.24) is 29.1 Å². The molecular weight excluding hydrogens is 646 g/mol. The molecule has 18 nitrogen and oxygen atoms in total. The second kappa shape index (κ2) is 11.0. The van der Waals surface area contributed by atoms with Crippen molar-refractivity contribution in [3.8, 4) is 0 Å². The van der Waals surface area contributed by atoms with Gasteiger partial charge in [0.15, 0.2) is 36.0 Å². The molecule has 3 fully saturated rings. The number of ketones is 1. The second-order valence-corrected chi connectivity index (χ2v) is 13.5. The molecule has 0 aromatic carbocycles. The van der Waals surface area contributed by atoms with Crippen LogP contribution in [0, 0.1) is 0 Å². The maximum Gasteiger partial charge on any atom is 0.280 e. The third-order valence-electron chi connectivity index (χ3n) is 7.45. The fourth-order valence-corrected chi connectivity index (χ4v) is 7.46. The highest BCUT2D eigenvalue weighted by molar-refractivity contribution is 7.79. The highest BCUT2D eigenvalue weighted by atomic mass is 31.2. The van der Waals surface area contributed by atoms with E-state index < -0.39 is 88.7 Å². The van der Waals surface area contributed by atoms with E-state index in [0.29, 0.717) is 0 Å². The average Bonchev–Trinajstić information content (AvgIpc) is 3.72. The van der Waals surface area contributed by atoms with Gasteiger partial charge in [0.05, 0.1) is 31.6 Å². The first-order valence-corrected chi connectivity index (χ1v) is 16.4. The van der Waals surface area contributed by atoms with Crippen LogP contribution >= 0.6 is 14.9 Å². The minimum absolute atomic E-state index is 0.0388. The number of alkyl halides is 2. The molecule has 10 atom stereocenters. The number of carbonyl (C=O) groups excluding carboxylic acids is 1. The topological polar surface area (TPSA) is 226 Å². The van der Waals surface area contributed by atoms with Crippen LogP contribution in [0.2, 0.25) is 0 Å².